The number of ether oxygens (including phenoxy) is 1. The van der Waals surface area contributed by atoms with Crippen LogP contribution in [0.5, 0.6) is 5.75 Å². The van der Waals surface area contributed by atoms with Crippen LogP contribution in [0.1, 0.15) is 40.9 Å². The Bertz CT molecular complexity index is 1290. The first-order valence-electron chi connectivity index (χ1n) is 11.5. The van der Waals surface area contributed by atoms with Crippen LogP contribution < -0.4 is 15.4 Å². The van der Waals surface area contributed by atoms with Gasteiger partial charge in [-0.2, -0.15) is 0 Å². The fourth-order valence-electron chi connectivity index (χ4n) is 4.32. The highest BCUT2D eigenvalue weighted by Gasteiger charge is 2.48. The number of hydrogen-bond donors (Lipinski definition) is 3. The number of fused-ring (bicyclic) bond motifs is 1. The van der Waals surface area contributed by atoms with Crippen LogP contribution in [0.2, 0.25) is 0 Å². The lowest BCUT2D eigenvalue weighted by Gasteiger charge is -2.26. The van der Waals surface area contributed by atoms with Crippen LogP contribution >= 0.6 is 0 Å². The van der Waals surface area contributed by atoms with E-state index < -0.39 is 17.5 Å². The van der Waals surface area contributed by atoms with Gasteiger partial charge in [0.1, 0.15) is 5.75 Å². The molecule has 2 aliphatic heterocycles. The summed E-state index contributed by atoms with van der Waals surface area (Å²) in [5.41, 5.74) is 0.997. The molecule has 2 aromatic carbocycles. The average molecular weight is 490 g/mol. The molecular formula is C26H27N5O5. The third-order valence-corrected chi connectivity index (χ3v) is 6.29. The first-order valence-corrected chi connectivity index (χ1v) is 11.5. The summed E-state index contributed by atoms with van der Waals surface area (Å²) in [5, 5.41) is 17.7. The molecule has 2 aromatic rings. The van der Waals surface area contributed by atoms with Crippen LogP contribution in [-0.4, -0.2) is 71.0 Å². The second kappa shape index (κ2) is 10.00. The van der Waals surface area contributed by atoms with E-state index in [0.717, 1.165) is 5.56 Å². The Labute approximate surface area is 208 Å². The first kappa shape index (κ1) is 24.6. The minimum Gasteiger partial charge on any atom is -0.497 e. The molecule has 0 unspecified atom stereocenters. The van der Waals surface area contributed by atoms with Gasteiger partial charge in [0.15, 0.2) is 5.84 Å². The number of imide groups is 1. The summed E-state index contributed by atoms with van der Waals surface area (Å²) < 4.78 is 5.21. The molecule has 0 aliphatic carbocycles. The van der Waals surface area contributed by atoms with Crippen molar-refractivity contribution in [3.8, 4) is 17.6 Å². The molecule has 0 saturated carbocycles. The highest BCUT2D eigenvalue weighted by atomic mass is 16.5. The van der Waals surface area contributed by atoms with Crippen molar-refractivity contribution in [3.05, 3.63) is 64.7 Å². The summed E-state index contributed by atoms with van der Waals surface area (Å²) in [6, 6.07) is 11.6. The van der Waals surface area contributed by atoms with Gasteiger partial charge >= 0.3 is 6.03 Å². The van der Waals surface area contributed by atoms with Crippen molar-refractivity contribution in [2.24, 2.45) is 5.16 Å². The van der Waals surface area contributed by atoms with Gasteiger partial charge in [0.05, 0.1) is 13.7 Å². The molecule has 0 bridgehead atoms. The molecule has 10 heteroatoms. The normalized spacial score (nSPS) is 18.8. The van der Waals surface area contributed by atoms with E-state index >= 15 is 0 Å². The number of nitrogens with zero attached hydrogens (tertiary/aromatic N) is 3. The summed E-state index contributed by atoms with van der Waals surface area (Å²) in [4.78, 5) is 41.3. The van der Waals surface area contributed by atoms with Crippen molar-refractivity contribution in [2.75, 3.05) is 26.7 Å². The Balaban J connectivity index is 1.59. The number of hydrogen-bond acceptors (Lipinski definition) is 6. The number of urea groups is 1. The molecule has 10 nitrogen and oxygen atoms in total. The van der Waals surface area contributed by atoms with Crippen LogP contribution in [0.25, 0.3) is 0 Å². The van der Waals surface area contributed by atoms with Crippen LogP contribution in [0.4, 0.5) is 4.79 Å². The maximum Gasteiger partial charge on any atom is 0.323 e. The number of benzene rings is 2. The van der Waals surface area contributed by atoms with E-state index in [1.165, 1.54) is 12.0 Å². The number of carbonyl (C=O) groups excluding carboxylic acids is 3. The number of amidine groups is 1. The molecule has 3 N–H and O–H groups in total. The van der Waals surface area contributed by atoms with Gasteiger partial charge in [0.2, 0.25) is 5.54 Å². The highest BCUT2D eigenvalue weighted by molar-refractivity contribution is 6.10. The number of rotatable bonds is 6. The minimum atomic E-state index is -1.60. The summed E-state index contributed by atoms with van der Waals surface area (Å²) in [6.07, 6.45) is 0. The lowest BCUT2D eigenvalue weighted by Crippen LogP contribution is -2.54. The number of oxime groups is 1. The van der Waals surface area contributed by atoms with Gasteiger partial charge in [-0.15, -0.1) is 0 Å². The summed E-state index contributed by atoms with van der Waals surface area (Å²) >= 11 is 0. The van der Waals surface area contributed by atoms with Crippen molar-refractivity contribution < 1.29 is 24.3 Å². The van der Waals surface area contributed by atoms with Gasteiger partial charge in [0, 0.05) is 36.3 Å². The molecule has 2 aliphatic rings. The van der Waals surface area contributed by atoms with Crippen molar-refractivity contribution in [1.29, 1.82) is 0 Å². The van der Waals surface area contributed by atoms with Crippen molar-refractivity contribution in [2.45, 2.75) is 25.9 Å². The Kier molecular flexibility index (Phi) is 6.83. The van der Waals surface area contributed by atoms with Crippen molar-refractivity contribution in [3.63, 3.8) is 0 Å². The standard InChI is InChI=1S/C26H27N5O5/c1-4-30(5-2)22(29-35)18-8-6-17(7-9-18)12-13-26(24(33)27-25(34)28-26)16-31-15-19-10-11-20(36-3)14-21(19)23(31)32/h6-11,14,35H,4-5,15-16H2,1-3H3,(H2,27,28,33,34)/t26-/m1/s1. The quantitative estimate of drug-likeness (QED) is 0.142. The van der Waals surface area contributed by atoms with E-state index in [9.17, 15) is 19.6 Å². The zero-order valence-corrected chi connectivity index (χ0v) is 20.3. The third kappa shape index (κ3) is 4.55. The molecule has 0 aromatic heterocycles. The Hall–Kier alpha value is -4.52. The molecular weight excluding hydrogens is 462 g/mol. The third-order valence-electron chi connectivity index (χ3n) is 6.29. The Morgan fingerprint density at radius 2 is 1.89 bits per heavy atom. The van der Waals surface area contributed by atoms with Crippen LogP contribution in [-0.2, 0) is 11.3 Å². The van der Waals surface area contributed by atoms with E-state index in [4.69, 9.17) is 4.74 Å². The Morgan fingerprint density at radius 1 is 1.17 bits per heavy atom. The largest absolute Gasteiger partial charge is 0.497 e. The molecule has 1 fully saturated rings. The fraction of sp³-hybridized carbons (Fsp3) is 0.308. The first-order chi connectivity index (χ1) is 17.3. The van der Waals surface area contributed by atoms with Crippen LogP contribution in [0, 0.1) is 11.8 Å². The average Bonchev–Trinajstić information content (AvgIpc) is 3.35. The lowest BCUT2D eigenvalue weighted by molar-refractivity contribution is -0.122. The van der Waals surface area contributed by atoms with Crippen LogP contribution in [0.3, 0.4) is 0 Å². The summed E-state index contributed by atoms with van der Waals surface area (Å²) in [5.74, 6) is 5.96. The predicted molar refractivity (Wildman–Crippen MR) is 132 cm³/mol. The van der Waals surface area contributed by atoms with Gasteiger partial charge in [-0.1, -0.05) is 23.1 Å². The maximum absolute atomic E-state index is 13.0. The number of amides is 4. The van der Waals surface area contributed by atoms with E-state index in [-0.39, 0.29) is 19.0 Å². The molecule has 4 rings (SSSR count). The molecule has 4 amide bonds. The fourth-order valence-corrected chi connectivity index (χ4v) is 4.32. The molecule has 0 radical (unpaired) electrons. The molecule has 186 valence electrons. The topological polar surface area (TPSA) is 124 Å². The zero-order valence-electron chi connectivity index (χ0n) is 20.3. The second-order valence-corrected chi connectivity index (χ2v) is 8.42. The maximum atomic E-state index is 13.0. The van der Waals surface area contributed by atoms with Crippen LogP contribution in [0.15, 0.2) is 47.6 Å². The smallest absolute Gasteiger partial charge is 0.323 e. The molecule has 1 atom stereocenters. The van der Waals surface area contributed by atoms with Gasteiger partial charge in [-0.25, -0.2) is 4.79 Å². The lowest BCUT2D eigenvalue weighted by atomic mass is 9.99. The van der Waals surface area contributed by atoms with Gasteiger partial charge in [-0.3, -0.25) is 14.9 Å². The van der Waals surface area contributed by atoms with Gasteiger partial charge < -0.3 is 25.1 Å². The van der Waals surface area contributed by atoms with Crippen molar-refractivity contribution >= 4 is 23.7 Å². The summed E-state index contributed by atoms with van der Waals surface area (Å²) in [6.45, 7) is 5.47. The predicted octanol–water partition coefficient (Wildman–Crippen LogP) is 1.76. The zero-order chi connectivity index (χ0) is 25.9. The number of nitrogens with one attached hydrogen (secondary N) is 2. The van der Waals surface area contributed by atoms with E-state index in [1.807, 2.05) is 18.7 Å². The van der Waals surface area contributed by atoms with Crippen molar-refractivity contribution in [1.82, 2.24) is 20.4 Å². The number of carbonyl (C=O) groups is 3. The van der Waals surface area contributed by atoms with E-state index in [2.05, 4.69) is 27.6 Å². The monoisotopic (exact) mass is 489 g/mol. The number of methoxy groups -OCH3 is 1. The SMILES string of the molecule is CCN(CC)C(=NO)c1ccc(C#C[C@]2(CN3Cc4ccc(OC)cc4C3=O)NC(=O)NC2=O)cc1. The summed E-state index contributed by atoms with van der Waals surface area (Å²) in [7, 11) is 1.52. The second-order valence-electron chi connectivity index (χ2n) is 8.42. The van der Waals surface area contributed by atoms with Gasteiger partial charge in [-0.05, 0) is 55.8 Å². The highest BCUT2D eigenvalue weighted by Crippen LogP contribution is 2.28. The minimum absolute atomic E-state index is 0.116. The molecule has 2 heterocycles. The van der Waals surface area contributed by atoms with Gasteiger partial charge in [0.25, 0.3) is 11.8 Å². The Morgan fingerprint density at radius 3 is 2.47 bits per heavy atom. The molecule has 0 spiro atoms. The van der Waals surface area contributed by atoms with E-state index in [0.29, 0.717) is 41.4 Å². The molecule has 36 heavy (non-hydrogen) atoms. The molecule has 1 saturated heterocycles. The van der Waals surface area contributed by atoms with E-state index in [1.54, 1.807) is 42.5 Å².